The fourth-order valence-electron chi connectivity index (χ4n) is 1.92. The maximum absolute atomic E-state index is 12.0. The van der Waals surface area contributed by atoms with Gasteiger partial charge in [-0.15, -0.1) is 0 Å². The zero-order chi connectivity index (χ0) is 15.7. The van der Waals surface area contributed by atoms with E-state index in [-0.39, 0.29) is 5.75 Å². The van der Waals surface area contributed by atoms with Gasteiger partial charge in [0.2, 0.25) is 10.0 Å². The van der Waals surface area contributed by atoms with Crippen LogP contribution in [0.25, 0.3) is 0 Å². The molecule has 1 aliphatic heterocycles. The lowest BCUT2D eigenvalue weighted by Gasteiger charge is -2.26. The summed E-state index contributed by atoms with van der Waals surface area (Å²) in [5.41, 5.74) is 1.44. The number of hydrogen-bond donors (Lipinski definition) is 1. The molecule has 120 valence electrons. The number of pyridine rings is 1. The zero-order valence-electron chi connectivity index (χ0n) is 13.0. The van der Waals surface area contributed by atoms with Crippen LogP contribution in [0.4, 0.5) is 5.69 Å². The molecule has 0 radical (unpaired) electrons. The molecule has 1 aliphatic rings. The van der Waals surface area contributed by atoms with Gasteiger partial charge in [0.15, 0.2) is 0 Å². The first-order valence-electron chi connectivity index (χ1n) is 7.27. The summed E-state index contributed by atoms with van der Waals surface area (Å²) in [6.07, 6.45) is 3.20. The predicted molar refractivity (Wildman–Crippen MR) is 85.0 cm³/mol. The predicted octanol–water partition coefficient (Wildman–Crippen LogP) is 1.49. The molecule has 0 atom stereocenters. The Morgan fingerprint density at radius 1 is 1.29 bits per heavy atom. The minimum Gasteiger partial charge on any atom is -0.379 e. The van der Waals surface area contributed by atoms with E-state index in [4.69, 9.17) is 4.74 Å². The first kappa shape index (κ1) is 17.9. The third-order valence-corrected chi connectivity index (χ3v) is 4.20. The standard InChI is InChI=1S/C12H19N3O3S.C2H6/c1-11-8-12(10-13-9-11)14-19(16,17)7-4-15-2-5-18-6-3-15;1-2/h8-10,14H,2-7H2,1H3;1-2H3. The van der Waals surface area contributed by atoms with Crippen molar-refractivity contribution in [1.29, 1.82) is 0 Å². The van der Waals surface area contributed by atoms with Crippen molar-refractivity contribution in [3.63, 3.8) is 0 Å². The van der Waals surface area contributed by atoms with Crippen LogP contribution in [-0.4, -0.2) is 56.9 Å². The number of rotatable bonds is 5. The van der Waals surface area contributed by atoms with Crippen molar-refractivity contribution in [2.45, 2.75) is 20.8 Å². The van der Waals surface area contributed by atoms with E-state index in [2.05, 4.69) is 14.6 Å². The Morgan fingerprint density at radius 2 is 1.95 bits per heavy atom. The van der Waals surface area contributed by atoms with Crippen LogP contribution >= 0.6 is 0 Å². The van der Waals surface area contributed by atoms with Crippen LogP contribution in [0.1, 0.15) is 19.4 Å². The van der Waals surface area contributed by atoms with E-state index in [1.807, 2.05) is 20.8 Å². The van der Waals surface area contributed by atoms with Gasteiger partial charge in [-0.2, -0.15) is 0 Å². The number of nitrogens with one attached hydrogen (secondary N) is 1. The molecule has 7 heteroatoms. The molecule has 1 aromatic heterocycles. The van der Waals surface area contributed by atoms with Gasteiger partial charge in [0.1, 0.15) is 0 Å². The summed E-state index contributed by atoms with van der Waals surface area (Å²) in [5, 5.41) is 0. The van der Waals surface area contributed by atoms with E-state index in [1.54, 1.807) is 12.3 Å². The molecule has 0 saturated carbocycles. The topological polar surface area (TPSA) is 71.5 Å². The van der Waals surface area contributed by atoms with Crippen LogP contribution in [0.5, 0.6) is 0 Å². The van der Waals surface area contributed by atoms with Crippen LogP contribution in [0.15, 0.2) is 18.5 Å². The minimum atomic E-state index is -3.32. The highest BCUT2D eigenvalue weighted by atomic mass is 32.2. The van der Waals surface area contributed by atoms with E-state index in [0.29, 0.717) is 25.4 Å². The van der Waals surface area contributed by atoms with E-state index in [9.17, 15) is 8.42 Å². The summed E-state index contributed by atoms with van der Waals surface area (Å²) in [7, 11) is -3.32. The molecule has 21 heavy (non-hydrogen) atoms. The molecule has 0 unspecified atom stereocenters. The van der Waals surface area contributed by atoms with Gasteiger partial charge in [0.25, 0.3) is 0 Å². The third kappa shape index (κ3) is 6.88. The number of ether oxygens (including phenoxy) is 1. The highest BCUT2D eigenvalue weighted by Crippen LogP contribution is 2.10. The average Bonchev–Trinajstić information content (AvgIpc) is 2.48. The SMILES string of the molecule is CC.Cc1cncc(NS(=O)(=O)CCN2CCOCC2)c1. The Labute approximate surface area is 127 Å². The van der Waals surface area contributed by atoms with Gasteiger partial charge in [-0.1, -0.05) is 13.8 Å². The number of hydrogen-bond acceptors (Lipinski definition) is 5. The first-order valence-corrected chi connectivity index (χ1v) is 8.93. The second kappa shape index (κ2) is 8.96. The van der Waals surface area contributed by atoms with E-state index >= 15 is 0 Å². The Kier molecular flexibility index (Phi) is 7.63. The molecule has 0 aromatic carbocycles. The molecule has 1 N–H and O–H groups in total. The van der Waals surface area contributed by atoms with Crippen LogP contribution in [0, 0.1) is 6.92 Å². The normalized spacial score (nSPS) is 16.0. The number of morpholine rings is 1. The number of sulfonamides is 1. The summed E-state index contributed by atoms with van der Waals surface area (Å²) in [6, 6.07) is 1.76. The second-order valence-electron chi connectivity index (χ2n) is 4.63. The van der Waals surface area contributed by atoms with Crippen LogP contribution in [-0.2, 0) is 14.8 Å². The highest BCUT2D eigenvalue weighted by Gasteiger charge is 2.16. The van der Waals surface area contributed by atoms with Crippen LogP contribution < -0.4 is 4.72 Å². The van der Waals surface area contributed by atoms with Gasteiger partial charge in [0, 0.05) is 25.8 Å². The Balaban J connectivity index is 0.00000106. The Hall–Kier alpha value is -1.18. The molecule has 2 heterocycles. The van der Waals surface area contributed by atoms with Crippen molar-refractivity contribution in [3.8, 4) is 0 Å². The Morgan fingerprint density at radius 3 is 2.57 bits per heavy atom. The van der Waals surface area contributed by atoms with Crippen LogP contribution in [0.2, 0.25) is 0 Å². The first-order chi connectivity index (χ1) is 10.1. The molecule has 2 rings (SSSR count). The van der Waals surface area contributed by atoms with Gasteiger partial charge in [-0.05, 0) is 18.6 Å². The molecule has 6 nitrogen and oxygen atoms in total. The quantitative estimate of drug-likeness (QED) is 0.891. The lowest BCUT2D eigenvalue weighted by atomic mass is 10.3. The van der Waals surface area contributed by atoms with Gasteiger partial charge < -0.3 is 4.74 Å². The van der Waals surface area contributed by atoms with E-state index < -0.39 is 10.0 Å². The largest absolute Gasteiger partial charge is 0.379 e. The van der Waals surface area contributed by atoms with E-state index in [0.717, 1.165) is 18.7 Å². The monoisotopic (exact) mass is 315 g/mol. The zero-order valence-corrected chi connectivity index (χ0v) is 13.8. The van der Waals surface area contributed by atoms with Gasteiger partial charge >= 0.3 is 0 Å². The van der Waals surface area contributed by atoms with Crippen molar-refractivity contribution in [1.82, 2.24) is 9.88 Å². The number of aryl methyl sites for hydroxylation is 1. The maximum atomic E-state index is 12.0. The van der Waals surface area contributed by atoms with E-state index in [1.165, 1.54) is 6.20 Å². The van der Waals surface area contributed by atoms with Crippen LogP contribution in [0.3, 0.4) is 0 Å². The average molecular weight is 315 g/mol. The number of aromatic nitrogens is 1. The highest BCUT2D eigenvalue weighted by molar-refractivity contribution is 7.92. The summed E-state index contributed by atoms with van der Waals surface area (Å²) < 4.78 is 31.7. The van der Waals surface area contributed by atoms with Crippen molar-refractivity contribution < 1.29 is 13.2 Å². The Bertz CT molecular complexity index is 514. The fourth-order valence-corrected chi connectivity index (χ4v) is 2.99. The lowest BCUT2D eigenvalue weighted by Crippen LogP contribution is -2.39. The van der Waals surface area contributed by atoms with Crippen molar-refractivity contribution in [3.05, 3.63) is 24.0 Å². The number of nitrogens with zero attached hydrogens (tertiary/aromatic N) is 2. The smallest absolute Gasteiger partial charge is 0.234 e. The summed E-state index contributed by atoms with van der Waals surface area (Å²) in [5.74, 6) is 0.0843. The molecule has 0 amide bonds. The molecule has 1 fully saturated rings. The fraction of sp³-hybridized carbons (Fsp3) is 0.643. The van der Waals surface area contributed by atoms with Gasteiger partial charge in [0.05, 0.1) is 30.9 Å². The van der Waals surface area contributed by atoms with Crippen molar-refractivity contribution in [2.24, 2.45) is 0 Å². The molecule has 1 saturated heterocycles. The molecule has 1 aromatic rings. The lowest BCUT2D eigenvalue weighted by molar-refractivity contribution is 0.0408. The summed E-state index contributed by atoms with van der Waals surface area (Å²) >= 11 is 0. The molecular formula is C14H25N3O3S. The second-order valence-corrected chi connectivity index (χ2v) is 6.47. The summed E-state index contributed by atoms with van der Waals surface area (Å²) in [4.78, 5) is 6.06. The molecular weight excluding hydrogens is 290 g/mol. The molecule has 0 aliphatic carbocycles. The third-order valence-electron chi connectivity index (χ3n) is 2.93. The maximum Gasteiger partial charge on any atom is 0.234 e. The molecule has 0 bridgehead atoms. The van der Waals surface area contributed by atoms with Gasteiger partial charge in [-0.25, -0.2) is 8.42 Å². The number of anilines is 1. The minimum absolute atomic E-state index is 0.0843. The van der Waals surface area contributed by atoms with Crippen molar-refractivity contribution >= 4 is 15.7 Å². The van der Waals surface area contributed by atoms with Crippen molar-refractivity contribution in [2.75, 3.05) is 43.3 Å². The molecule has 0 spiro atoms. The van der Waals surface area contributed by atoms with Gasteiger partial charge in [-0.3, -0.25) is 14.6 Å². The summed E-state index contributed by atoms with van der Waals surface area (Å²) in [6.45, 7) is 9.34.